The van der Waals surface area contributed by atoms with Gasteiger partial charge in [-0.25, -0.2) is 0 Å². The molecule has 0 aromatic rings. The Hall–Kier alpha value is -0.0400. The molecule has 0 amide bonds. The molecule has 4 bridgehead atoms. The second-order valence-electron chi connectivity index (χ2n) is 5.14. The molecule has 2 saturated heterocycles. The summed E-state index contributed by atoms with van der Waals surface area (Å²) in [6, 6.07) is 0. The van der Waals surface area contributed by atoms with E-state index in [1.54, 1.807) is 0 Å². The van der Waals surface area contributed by atoms with Gasteiger partial charge in [0.2, 0.25) is 0 Å². The zero-order valence-corrected chi connectivity index (χ0v) is 7.18. The summed E-state index contributed by atoms with van der Waals surface area (Å²) >= 11 is 0. The topological polar surface area (TPSA) is 9.23 Å². The van der Waals surface area contributed by atoms with Crippen molar-refractivity contribution in [3.63, 3.8) is 0 Å². The molecule has 2 unspecified atom stereocenters. The van der Waals surface area contributed by atoms with Crippen LogP contribution in [0.25, 0.3) is 0 Å². The average Bonchev–Trinajstić information content (AvgIpc) is 1.79. The molecule has 0 aromatic heterocycles. The fourth-order valence-corrected chi connectivity index (χ4v) is 3.70. The van der Waals surface area contributed by atoms with Gasteiger partial charge in [0.05, 0.1) is 12.2 Å². The minimum atomic E-state index is 0.645. The van der Waals surface area contributed by atoms with Gasteiger partial charge in [-0.1, -0.05) is 6.92 Å². The first kappa shape index (κ1) is 6.47. The maximum Gasteiger partial charge on any atom is 0.0586 e. The molecule has 2 atom stereocenters. The monoisotopic (exact) mass is 152 g/mol. The van der Waals surface area contributed by atoms with E-state index < -0.39 is 0 Å². The third kappa shape index (κ3) is 0.868. The molecule has 1 nitrogen and oxygen atoms in total. The molecular weight excluding hydrogens is 136 g/mol. The Kier molecular flexibility index (Phi) is 1.07. The van der Waals surface area contributed by atoms with E-state index >= 15 is 0 Å². The highest BCUT2D eigenvalue weighted by atomic mass is 16.5. The Labute approximate surface area is 68.1 Å². The molecule has 4 aliphatic rings. The van der Waals surface area contributed by atoms with Crippen molar-refractivity contribution < 1.29 is 4.74 Å². The van der Waals surface area contributed by atoms with E-state index in [1.165, 1.54) is 32.1 Å². The van der Waals surface area contributed by atoms with Gasteiger partial charge in [-0.05, 0) is 43.4 Å². The lowest BCUT2D eigenvalue weighted by Crippen LogP contribution is -2.50. The first-order chi connectivity index (χ1) is 5.23. The Bertz CT molecular complexity index is 150. The van der Waals surface area contributed by atoms with Crippen molar-refractivity contribution in [3.05, 3.63) is 0 Å². The molecule has 2 saturated carbocycles. The minimum absolute atomic E-state index is 0.645. The van der Waals surface area contributed by atoms with Crippen LogP contribution in [-0.4, -0.2) is 12.2 Å². The van der Waals surface area contributed by atoms with Crippen LogP contribution in [0.4, 0.5) is 0 Å². The summed E-state index contributed by atoms with van der Waals surface area (Å²) in [5.41, 5.74) is 0.675. The molecule has 1 heteroatoms. The molecule has 0 radical (unpaired) electrons. The van der Waals surface area contributed by atoms with Crippen molar-refractivity contribution in [2.45, 2.75) is 51.2 Å². The van der Waals surface area contributed by atoms with Gasteiger partial charge in [0.25, 0.3) is 0 Å². The van der Waals surface area contributed by atoms with E-state index in [4.69, 9.17) is 4.74 Å². The van der Waals surface area contributed by atoms with Crippen molar-refractivity contribution in [3.8, 4) is 0 Å². The van der Waals surface area contributed by atoms with Gasteiger partial charge in [-0.15, -0.1) is 0 Å². The molecule has 2 aliphatic carbocycles. The fraction of sp³-hybridized carbons (Fsp3) is 1.00. The molecule has 4 fully saturated rings. The molecule has 0 aromatic carbocycles. The molecule has 0 spiro atoms. The largest absolute Gasteiger partial charge is 0.375 e. The highest BCUT2D eigenvalue weighted by Gasteiger charge is 2.49. The Morgan fingerprint density at radius 3 is 2.18 bits per heavy atom. The van der Waals surface area contributed by atoms with E-state index in [9.17, 15) is 0 Å². The average molecular weight is 152 g/mol. The summed E-state index contributed by atoms with van der Waals surface area (Å²) in [5, 5.41) is 0. The second-order valence-corrected chi connectivity index (χ2v) is 5.14. The van der Waals surface area contributed by atoms with Gasteiger partial charge in [0.1, 0.15) is 0 Å². The van der Waals surface area contributed by atoms with Gasteiger partial charge in [0, 0.05) is 0 Å². The molecule has 4 rings (SSSR count). The highest BCUT2D eigenvalue weighted by Crippen LogP contribution is 2.54. The van der Waals surface area contributed by atoms with Crippen molar-refractivity contribution in [1.82, 2.24) is 0 Å². The van der Waals surface area contributed by atoms with E-state index in [2.05, 4.69) is 6.92 Å². The number of hydrogen-bond donors (Lipinski definition) is 0. The lowest BCUT2D eigenvalue weighted by atomic mass is 9.59. The third-order valence-corrected chi connectivity index (χ3v) is 3.80. The SMILES string of the molecule is CC12CC3CC(C1)OC(C3)C2. The molecule has 0 N–H and O–H groups in total. The number of hydrogen-bond acceptors (Lipinski definition) is 1. The predicted molar refractivity (Wildman–Crippen MR) is 43.3 cm³/mol. The summed E-state index contributed by atoms with van der Waals surface area (Å²) in [6.07, 6.45) is 8.21. The van der Waals surface area contributed by atoms with Crippen molar-refractivity contribution >= 4 is 0 Å². The Balaban J connectivity index is 1.94. The number of ether oxygens (including phenoxy) is 1. The van der Waals surface area contributed by atoms with E-state index in [1.807, 2.05) is 0 Å². The molecule has 11 heavy (non-hydrogen) atoms. The zero-order valence-electron chi connectivity index (χ0n) is 7.18. The van der Waals surface area contributed by atoms with Crippen LogP contribution in [0.2, 0.25) is 0 Å². The first-order valence-corrected chi connectivity index (χ1v) is 4.89. The maximum atomic E-state index is 5.89. The van der Waals surface area contributed by atoms with Crippen LogP contribution in [0.15, 0.2) is 0 Å². The Morgan fingerprint density at radius 2 is 1.73 bits per heavy atom. The smallest absolute Gasteiger partial charge is 0.0586 e. The van der Waals surface area contributed by atoms with Gasteiger partial charge in [0.15, 0.2) is 0 Å². The fourth-order valence-electron chi connectivity index (χ4n) is 3.70. The van der Waals surface area contributed by atoms with Gasteiger partial charge in [-0.3, -0.25) is 0 Å². The van der Waals surface area contributed by atoms with Crippen LogP contribution >= 0.6 is 0 Å². The lowest BCUT2D eigenvalue weighted by Gasteiger charge is -2.55. The summed E-state index contributed by atoms with van der Waals surface area (Å²) in [5.74, 6) is 1.02. The van der Waals surface area contributed by atoms with Crippen LogP contribution < -0.4 is 0 Å². The quantitative estimate of drug-likeness (QED) is 0.517. The normalized spacial score (nSPS) is 60.3. The molecular formula is C10H16O. The molecule has 62 valence electrons. The highest BCUT2D eigenvalue weighted by molar-refractivity contribution is 4.99. The summed E-state index contributed by atoms with van der Waals surface area (Å²) < 4.78 is 5.89. The standard InChI is InChI=1S/C10H16O/c1-10-4-7-2-8(5-10)11-9(3-7)6-10/h7-9H,2-6H2,1H3. The third-order valence-electron chi connectivity index (χ3n) is 3.80. The van der Waals surface area contributed by atoms with Crippen LogP contribution in [0.3, 0.4) is 0 Å². The number of rotatable bonds is 0. The van der Waals surface area contributed by atoms with E-state index in [0.717, 1.165) is 5.92 Å². The van der Waals surface area contributed by atoms with Gasteiger partial charge >= 0.3 is 0 Å². The summed E-state index contributed by atoms with van der Waals surface area (Å²) in [4.78, 5) is 0. The van der Waals surface area contributed by atoms with E-state index in [-0.39, 0.29) is 0 Å². The molecule has 2 heterocycles. The maximum absolute atomic E-state index is 5.89. The van der Waals surface area contributed by atoms with Crippen molar-refractivity contribution in [2.75, 3.05) is 0 Å². The first-order valence-electron chi connectivity index (χ1n) is 4.89. The van der Waals surface area contributed by atoms with Crippen LogP contribution in [0.1, 0.15) is 39.0 Å². The van der Waals surface area contributed by atoms with Crippen LogP contribution in [-0.2, 0) is 4.74 Å². The van der Waals surface area contributed by atoms with E-state index in [0.29, 0.717) is 17.6 Å². The second kappa shape index (κ2) is 1.82. The minimum Gasteiger partial charge on any atom is -0.375 e. The van der Waals surface area contributed by atoms with Gasteiger partial charge in [-0.2, -0.15) is 0 Å². The predicted octanol–water partition coefficient (Wildman–Crippen LogP) is 2.35. The van der Waals surface area contributed by atoms with Gasteiger partial charge < -0.3 is 4.74 Å². The lowest BCUT2D eigenvalue weighted by molar-refractivity contribution is -0.184. The Morgan fingerprint density at radius 1 is 1.09 bits per heavy atom. The zero-order chi connectivity index (χ0) is 7.47. The summed E-state index contributed by atoms with van der Waals surface area (Å²) in [7, 11) is 0. The molecule has 2 aliphatic heterocycles. The van der Waals surface area contributed by atoms with Crippen molar-refractivity contribution in [1.29, 1.82) is 0 Å². The van der Waals surface area contributed by atoms with Crippen molar-refractivity contribution in [2.24, 2.45) is 11.3 Å². The van der Waals surface area contributed by atoms with Crippen LogP contribution in [0, 0.1) is 11.3 Å². The summed E-state index contributed by atoms with van der Waals surface area (Å²) in [6.45, 7) is 2.46. The van der Waals surface area contributed by atoms with Crippen LogP contribution in [0.5, 0.6) is 0 Å².